The van der Waals surface area contributed by atoms with E-state index >= 15 is 0 Å². The lowest BCUT2D eigenvalue weighted by Gasteiger charge is -2.10. The Morgan fingerprint density at radius 1 is 1.00 bits per heavy atom. The van der Waals surface area contributed by atoms with E-state index in [1.54, 1.807) is 49.4 Å². The summed E-state index contributed by atoms with van der Waals surface area (Å²) in [5.74, 6) is -1.23. The Labute approximate surface area is 164 Å². The summed E-state index contributed by atoms with van der Waals surface area (Å²) in [4.78, 5) is 35.6. The molecule has 3 amide bonds. The lowest BCUT2D eigenvalue weighted by atomic mass is 10.2. The van der Waals surface area contributed by atoms with Crippen molar-refractivity contribution in [2.75, 3.05) is 5.32 Å². The van der Waals surface area contributed by atoms with Gasteiger partial charge in [0, 0.05) is 33.6 Å². The van der Waals surface area contributed by atoms with Gasteiger partial charge in [-0.3, -0.25) is 25.2 Å². The van der Waals surface area contributed by atoms with Crippen LogP contribution >= 0.6 is 27.5 Å². The van der Waals surface area contributed by atoms with E-state index < -0.39 is 11.8 Å². The molecule has 0 saturated carbocycles. The molecule has 0 unspecified atom stereocenters. The number of nitrogens with one attached hydrogen (secondary N) is 3. The van der Waals surface area contributed by atoms with Crippen molar-refractivity contribution in [3.8, 4) is 0 Å². The Bertz CT molecular complexity index is 842. The molecule has 0 aromatic heterocycles. The van der Waals surface area contributed by atoms with Gasteiger partial charge in [-0.2, -0.15) is 0 Å². The summed E-state index contributed by atoms with van der Waals surface area (Å²) in [5, 5.41) is 3.26. The maximum Gasteiger partial charge on any atom is 0.269 e. The van der Waals surface area contributed by atoms with Crippen LogP contribution < -0.4 is 16.2 Å². The first-order chi connectivity index (χ1) is 12.4. The van der Waals surface area contributed by atoms with Gasteiger partial charge in [0.25, 0.3) is 5.91 Å². The van der Waals surface area contributed by atoms with Gasteiger partial charge in [-0.05, 0) is 42.8 Å². The van der Waals surface area contributed by atoms with Gasteiger partial charge in [-0.1, -0.05) is 39.7 Å². The molecule has 3 N–H and O–H groups in total. The van der Waals surface area contributed by atoms with E-state index in [0.29, 0.717) is 16.3 Å². The summed E-state index contributed by atoms with van der Waals surface area (Å²) in [5.41, 5.74) is 6.35. The maximum atomic E-state index is 12.0. The molecule has 6 nitrogen and oxygen atoms in total. The molecule has 0 aliphatic rings. The monoisotopic (exact) mass is 437 g/mol. The Hall–Kier alpha value is -2.38. The molecule has 0 radical (unpaired) electrons. The lowest BCUT2D eigenvalue weighted by molar-refractivity contribution is -0.124. The molecular weight excluding hydrogens is 422 g/mol. The van der Waals surface area contributed by atoms with Crippen molar-refractivity contribution in [1.29, 1.82) is 0 Å². The van der Waals surface area contributed by atoms with Crippen molar-refractivity contribution in [3.05, 3.63) is 63.1 Å². The summed E-state index contributed by atoms with van der Waals surface area (Å²) in [6, 6.07) is 11.9. The Morgan fingerprint density at radius 3 is 2.42 bits per heavy atom. The predicted octanol–water partition coefficient (Wildman–Crippen LogP) is 3.59. The van der Waals surface area contributed by atoms with Crippen LogP contribution in [0.2, 0.25) is 5.02 Å². The van der Waals surface area contributed by atoms with Gasteiger partial charge in [-0.15, -0.1) is 0 Å². The molecule has 26 heavy (non-hydrogen) atoms. The number of halogens is 2. The summed E-state index contributed by atoms with van der Waals surface area (Å²) in [6.07, 6.45) is -0.0885. The van der Waals surface area contributed by atoms with Crippen LogP contribution in [0.4, 0.5) is 5.69 Å². The second kappa shape index (κ2) is 9.35. The highest BCUT2D eigenvalue weighted by Crippen LogP contribution is 2.23. The molecule has 0 saturated heterocycles. The number of carbonyl (C=O) groups is 3. The molecular formula is C18H17BrClN3O3. The molecule has 8 heteroatoms. The number of hydrogen-bond donors (Lipinski definition) is 3. The first-order valence-corrected chi connectivity index (χ1v) is 8.93. The topological polar surface area (TPSA) is 87.3 Å². The smallest absolute Gasteiger partial charge is 0.269 e. The number of rotatable bonds is 5. The summed E-state index contributed by atoms with van der Waals surface area (Å²) in [7, 11) is 0. The van der Waals surface area contributed by atoms with Crippen LogP contribution in [0.25, 0.3) is 0 Å². The number of hydrazine groups is 1. The van der Waals surface area contributed by atoms with E-state index in [1.807, 2.05) is 0 Å². The second-order valence-corrected chi connectivity index (χ2v) is 6.80. The number of hydrogen-bond acceptors (Lipinski definition) is 3. The molecule has 2 aromatic carbocycles. The quantitative estimate of drug-likeness (QED) is 0.624. The average Bonchev–Trinajstić information content (AvgIpc) is 2.61. The first-order valence-electron chi connectivity index (χ1n) is 7.76. The predicted molar refractivity (Wildman–Crippen MR) is 104 cm³/mol. The SMILES string of the molecule is Cc1c(Cl)cccc1NC(=O)CCC(=O)NNC(=O)c1cccc(Br)c1. The van der Waals surface area contributed by atoms with Crippen molar-refractivity contribution in [1.82, 2.24) is 10.9 Å². The molecule has 0 bridgehead atoms. The highest BCUT2D eigenvalue weighted by atomic mass is 79.9. The Balaban J connectivity index is 1.77. The van der Waals surface area contributed by atoms with Gasteiger partial charge in [0.2, 0.25) is 11.8 Å². The number of amides is 3. The largest absolute Gasteiger partial charge is 0.326 e. The zero-order valence-electron chi connectivity index (χ0n) is 13.9. The van der Waals surface area contributed by atoms with Gasteiger partial charge in [0.1, 0.15) is 0 Å². The Morgan fingerprint density at radius 2 is 1.69 bits per heavy atom. The highest BCUT2D eigenvalue weighted by Gasteiger charge is 2.11. The fourth-order valence-electron chi connectivity index (χ4n) is 2.07. The van der Waals surface area contributed by atoms with E-state index in [9.17, 15) is 14.4 Å². The fraction of sp³-hybridized carbons (Fsp3) is 0.167. The third-order valence-electron chi connectivity index (χ3n) is 3.52. The van der Waals surface area contributed by atoms with Crippen LogP contribution in [0.3, 0.4) is 0 Å². The van der Waals surface area contributed by atoms with Crippen LogP contribution in [0, 0.1) is 6.92 Å². The van der Waals surface area contributed by atoms with Crippen molar-refractivity contribution < 1.29 is 14.4 Å². The summed E-state index contributed by atoms with van der Waals surface area (Å²) >= 11 is 9.27. The molecule has 0 aliphatic carbocycles. The van der Waals surface area contributed by atoms with Crippen molar-refractivity contribution in [2.24, 2.45) is 0 Å². The first kappa shape index (κ1) is 19.9. The van der Waals surface area contributed by atoms with Gasteiger partial charge in [-0.25, -0.2) is 0 Å². The number of anilines is 1. The van der Waals surface area contributed by atoms with E-state index in [4.69, 9.17) is 11.6 Å². The van der Waals surface area contributed by atoms with Crippen molar-refractivity contribution in [3.63, 3.8) is 0 Å². The zero-order valence-corrected chi connectivity index (χ0v) is 16.3. The Kier molecular flexibility index (Phi) is 7.17. The van der Waals surface area contributed by atoms with Gasteiger partial charge >= 0.3 is 0 Å². The summed E-state index contributed by atoms with van der Waals surface area (Å²) < 4.78 is 0.754. The maximum absolute atomic E-state index is 12.0. The van der Waals surface area contributed by atoms with E-state index in [2.05, 4.69) is 32.1 Å². The van der Waals surface area contributed by atoms with Crippen LogP contribution in [0.1, 0.15) is 28.8 Å². The standard InChI is InChI=1S/C18H17BrClN3O3/c1-11-14(20)6-3-7-15(11)21-16(24)8-9-17(25)22-23-18(26)12-4-2-5-13(19)10-12/h2-7,10H,8-9H2,1H3,(H,21,24)(H,22,25)(H,23,26). The lowest BCUT2D eigenvalue weighted by Crippen LogP contribution is -2.41. The number of benzene rings is 2. The normalized spacial score (nSPS) is 10.1. The highest BCUT2D eigenvalue weighted by molar-refractivity contribution is 9.10. The number of carbonyl (C=O) groups excluding carboxylic acids is 3. The molecule has 2 rings (SSSR count). The average molecular weight is 439 g/mol. The minimum Gasteiger partial charge on any atom is -0.326 e. The van der Waals surface area contributed by atoms with Crippen LogP contribution in [-0.2, 0) is 9.59 Å². The van der Waals surface area contributed by atoms with E-state index in [-0.39, 0.29) is 18.7 Å². The molecule has 136 valence electrons. The van der Waals surface area contributed by atoms with Gasteiger partial charge in [0.15, 0.2) is 0 Å². The summed E-state index contributed by atoms with van der Waals surface area (Å²) in [6.45, 7) is 1.79. The van der Waals surface area contributed by atoms with E-state index in [1.165, 1.54) is 0 Å². The van der Waals surface area contributed by atoms with Gasteiger partial charge in [0.05, 0.1) is 0 Å². The minimum absolute atomic E-state index is 0.0233. The van der Waals surface area contributed by atoms with Crippen molar-refractivity contribution >= 4 is 50.9 Å². The third-order valence-corrected chi connectivity index (χ3v) is 4.43. The van der Waals surface area contributed by atoms with Crippen molar-refractivity contribution in [2.45, 2.75) is 19.8 Å². The molecule has 0 heterocycles. The second-order valence-electron chi connectivity index (χ2n) is 5.47. The van der Waals surface area contributed by atoms with E-state index in [0.717, 1.165) is 10.0 Å². The molecule has 0 fully saturated rings. The zero-order chi connectivity index (χ0) is 19.1. The molecule has 0 spiro atoms. The molecule has 0 atom stereocenters. The van der Waals surface area contributed by atoms with Crippen LogP contribution in [-0.4, -0.2) is 17.7 Å². The van der Waals surface area contributed by atoms with Crippen LogP contribution in [0.15, 0.2) is 46.9 Å². The molecule has 0 aliphatic heterocycles. The van der Waals surface area contributed by atoms with Crippen LogP contribution in [0.5, 0.6) is 0 Å². The fourth-order valence-corrected chi connectivity index (χ4v) is 2.65. The minimum atomic E-state index is -0.466. The van der Waals surface area contributed by atoms with Gasteiger partial charge < -0.3 is 5.32 Å². The molecule has 2 aromatic rings. The third kappa shape index (κ3) is 5.86.